The number of aryl methyl sites for hydroxylation is 1. The van der Waals surface area contributed by atoms with Crippen molar-refractivity contribution >= 4 is 44.8 Å². The number of hydrogen-bond donors (Lipinski definition) is 2. The van der Waals surface area contributed by atoms with Gasteiger partial charge in [0.15, 0.2) is 0 Å². The third-order valence-corrected chi connectivity index (χ3v) is 9.31. The maximum atomic E-state index is 13.7. The van der Waals surface area contributed by atoms with Gasteiger partial charge in [-0.25, -0.2) is 8.42 Å². The summed E-state index contributed by atoms with van der Waals surface area (Å²) < 4.78 is 35.1. The highest BCUT2D eigenvalue weighted by molar-refractivity contribution is 7.92. The Bertz CT molecular complexity index is 1500. The molecule has 1 amide bonds. The maximum absolute atomic E-state index is 13.7. The Morgan fingerprint density at radius 2 is 1.80 bits per heavy atom. The van der Waals surface area contributed by atoms with E-state index in [4.69, 9.17) is 27.9 Å². The van der Waals surface area contributed by atoms with Crippen molar-refractivity contribution < 1.29 is 23.1 Å². The number of anilines is 1. The molecule has 0 aliphatic carbocycles. The number of likely N-dealkylation sites (N-methyl/N-ethyl adjacent to an activating group) is 1. The summed E-state index contributed by atoms with van der Waals surface area (Å²) in [6.07, 6.45) is -0.307. The summed E-state index contributed by atoms with van der Waals surface area (Å²) in [5.41, 5.74) is 2.40. The summed E-state index contributed by atoms with van der Waals surface area (Å²) >= 11 is 12.3. The Balaban J connectivity index is 1.62. The van der Waals surface area contributed by atoms with Crippen LogP contribution in [0.3, 0.4) is 0 Å². The average molecular weight is 621 g/mol. The number of aliphatic hydroxyl groups excluding tert-OH is 1. The molecule has 0 spiro atoms. The molecular weight excluding hydrogens is 585 g/mol. The molecule has 1 aliphatic heterocycles. The van der Waals surface area contributed by atoms with E-state index in [-0.39, 0.29) is 40.7 Å². The van der Waals surface area contributed by atoms with Gasteiger partial charge < -0.3 is 14.7 Å². The third kappa shape index (κ3) is 7.53. The van der Waals surface area contributed by atoms with Crippen molar-refractivity contribution in [2.75, 3.05) is 31.5 Å². The number of sulfonamides is 1. The second kappa shape index (κ2) is 13.0. The largest absolute Gasteiger partial charge is 0.488 e. The number of hydrogen-bond acceptors (Lipinski definition) is 6. The molecule has 220 valence electrons. The standard InChI is InChI=1S/C30H35Cl2N3O5S/c1-19-5-9-24(10-6-19)41(38,39)33-23-8-12-28-25(14-23)30(37)35(21(3)18-36)15-20(2)29(40-28)17-34(4)16-22-7-11-26(31)27(32)13-22/h5-14,20-21,29,33,36H,15-18H2,1-4H3/t20-,21+,29+/m0/s1. The minimum absolute atomic E-state index is 0.0722. The zero-order valence-corrected chi connectivity index (χ0v) is 25.8. The van der Waals surface area contributed by atoms with Gasteiger partial charge in [0.05, 0.1) is 33.2 Å². The van der Waals surface area contributed by atoms with Crippen molar-refractivity contribution in [2.24, 2.45) is 5.92 Å². The Hall–Kier alpha value is -2.82. The molecule has 1 heterocycles. The first kappa shape index (κ1) is 31.1. The highest BCUT2D eigenvalue weighted by Crippen LogP contribution is 2.32. The number of halogens is 2. The number of aliphatic hydroxyl groups is 1. The highest BCUT2D eigenvalue weighted by Gasteiger charge is 2.33. The Kier molecular flexibility index (Phi) is 9.87. The smallest absolute Gasteiger partial charge is 0.261 e. The van der Waals surface area contributed by atoms with E-state index in [1.54, 1.807) is 42.2 Å². The van der Waals surface area contributed by atoms with Crippen LogP contribution in [-0.2, 0) is 16.6 Å². The molecule has 3 aromatic carbocycles. The molecule has 0 saturated carbocycles. The van der Waals surface area contributed by atoms with Crippen LogP contribution in [0.4, 0.5) is 5.69 Å². The van der Waals surface area contributed by atoms with E-state index in [1.807, 2.05) is 33.0 Å². The van der Waals surface area contributed by atoms with Gasteiger partial charge in [0.1, 0.15) is 11.9 Å². The molecule has 3 atom stereocenters. The zero-order chi connectivity index (χ0) is 29.9. The van der Waals surface area contributed by atoms with Crippen molar-refractivity contribution in [3.8, 4) is 5.75 Å². The Morgan fingerprint density at radius 3 is 2.46 bits per heavy atom. The SMILES string of the molecule is Cc1ccc(S(=O)(=O)Nc2ccc3c(c2)C(=O)N([C@H](C)CO)C[C@H](C)[C@@H](CN(C)Cc2ccc(Cl)c(Cl)c2)O3)cc1. The molecule has 2 N–H and O–H groups in total. The van der Waals surface area contributed by atoms with E-state index >= 15 is 0 Å². The molecule has 11 heteroatoms. The van der Waals surface area contributed by atoms with Crippen LogP contribution >= 0.6 is 23.2 Å². The fourth-order valence-electron chi connectivity index (χ4n) is 4.76. The quantitative estimate of drug-likeness (QED) is 0.330. The lowest BCUT2D eigenvalue weighted by molar-refractivity contribution is 0.0341. The summed E-state index contributed by atoms with van der Waals surface area (Å²) in [4.78, 5) is 17.6. The van der Waals surface area contributed by atoms with Crippen LogP contribution in [0, 0.1) is 12.8 Å². The monoisotopic (exact) mass is 619 g/mol. The second-order valence-corrected chi connectivity index (χ2v) is 13.2. The number of carbonyl (C=O) groups is 1. The van der Waals surface area contributed by atoms with E-state index in [2.05, 4.69) is 9.62 Å². The zero-order valence-electron chi connectivity index (χ0n) is 23.5. The van der Waals surface area contributed by atoms with Crippen LogP contribution in [0.5, 0.6) is 5.75 Å². The number of ether oxygens (including phenoxy) is 1. The van der Waals surface area contributed by atoms with Crippen molar-refractivity contribution in [3.63, 3.8) is 0 Å². The predicted octanol–water partition coefficient (Wildman–Crippen LogP) is 5.45. The van der Waals surface area contributed by atoms with Crippen molar-refractivity contribution in [1.29, 1.82) is 0 Å². The maximum Gasteiger partial charge on any atom is 0.261 e. The predicted molar refractivity (Wildman–Crippen MR) is 162 cm³/mol. The first-order valence-electron chi connectivity index (χ1n) is 13.3. The summed E-state index contributed by atoms with van der Waals surface area (Å²) in [5.74, 6) is -0.0626. The fourth-order valence-corrected chi connectivity index (χ4v) is 6.13. The van der Waals surface area contributed by atoms with Crippen molar-refractivity contribution in [3.05, 3.63) is 87.4 Å². The van der Waals surface area contributed by atoms with E-state index in [9.17, 15) is 18.3 Å². The molecule has 0 aromatic heterocycles. The van der Waals surface area contributed by atoms with E-state index in [1.165, 1.54) is 18.2 Å². The number of fused-ring (bicyclic) bond motifs is 1. The molecule has 1 aliphatic rings. The topological polar surface area (TPSA) is 99.2 Å². The third-order valence-electron chi connectivity index (χ3n) is 7.18. The van der Waals surface area contributed by atoms with Gasteiger partial charge in [-0.15, -0.1) is 0 Å². The van der Waals surface area contributed by atoms with Gasteiger partial charge in [0, 0.05) is 31.2 Å². The normalized spacial score (nSPS) is 18.3. The van der Waals surface area contributed by atoms with Crippen LogP contribution in [-0.4, -0.2) is 68.1 Å². The van der Waals surface area contributed by atoms with Gasteiger partial charge >= 0.3 is 0 Å². The van der Waals surface area contributed by atoms with Gasteiger partial charge in [0.25, 0.3) is 15.9 Å². The van der Waals surface area contributed by atoms with E-state index in [0.717, 1.165) is 11.1 Å². The van der Waals surface area contributed by atoms with Crippen molar-refractivity contribution in [1.82, 2.24) is 9.80 Å². The first-order chi connectivity index (χ1) is 19.4. The Morgan fingerprint density at radius 1 is 1.10 bits per heavy atom. The van der Waals surface area contributed by atoms with Crippen LogP contribution in [0.15, 0.2) is 65.6 Å². The molecular formula is C30H35Cl2N3O5S. The fraction of sp³-hybridized carbons (Fsp3) is 0.367. The lowest BCUT2D eigenvalue weighted by Crippen LogP contribution is -2.49. The lowest BCUT2D eigenvalue weighted by Gasteiger charge is -2.38. The number of nitrogens with one attached hydrogen (secondary N) is 1. The molecule has 0 radical (unpaired) electrons. The Labute approximate surface area is 251 Å². The summed E-state index contributed by atoms with van der Waals surface area (Å²) in [7, 11) is -1.90. The van der Waals surface area contributed by atoms with Gasteiger partial charge in [-0.05, 0) is 68.9 Å². The number of rotatable bonds is 9. The minimum atomic E-state index is -3.88. The van der Waals surface area contributed by atoms with Crippen LogP contribution < -0.4 is 9.46 Å². The molecule has 0 saturated heterocycles. The number of benzene rings is 3. The summed E-state index contributed by atoms with van der Waals surface area (Å²) in [6.45, 7) is 6.95. The first-order valence-corrected chi connectivity index (χ1v) is 15.6. The van der Waals surface area contributed by atoms with Gasteiger partial charge in [-0.2, -0.15) is 0 Å². The van der Waals surface area contributed by atoms with E-state index < -0.39 is 16.1 Å². The van der Waals surface area contributed by atoms with Gasteiger partial charge in [-0.1, -0.05) is 53.9 Å². The lowest BCUT2D eigenvalue weighted by atomic mass is 9.99. The van der Waals surface area contributed by atoms with Gasteiger partial charge in [-0.3, -0.25) is 14.4 Å². The number of amides is 1. The molecule has 0 unspecified atom stereocenters. The van der Waals surface area contributed by atoms with Crippen LogP contribution in [0.2, 0.25) is 10.0 Å². The van der Waals surface area contributed by atoms with E-state index in [0.29, 0.717) is 35.4 Å². The van der Waals surface area contributed by atoms with Gasteiger partial charge in [0.2, 0.25) is 0 Å². The molecule has 4 rings (SSSR count). The highest BCUT2D eigenvalue weighted by atomic mass is 35.5. The summed E-state index contributed by atoms with van der Waals surface area (Å²) in [5, 5.41) is 10.9. The molecule has 3 aromatic rings. The average Bonchev–Trinajstić information content (AvgIpc) is 2.92. The summed E-state index contributed by atoms with van der Waals surface area (Å²) in [6, 6.07) is 16.3. The van der Waals surface area contributed by atoms with Crippen LogP contribution in [0.1, 0.15) is 35.3 Å². The van der Waals surface area contributed by atoms with Crippen molar-refractivity contribution in [2.45, 2.75) is 44.4 Å². The number of carbonyl (C=O) groups excluding carboxylic acids is 1. The molecule has 8 nitrogen and oxygen atoms in total. The van der Waals surface area contributed by atoms with Crippen LogP contribution in [0.25, 0.3) is 0 Å². The molecule has 0 fully saturated rings. The second-order valence-electron chi connectivity index (χ2n) is 10.7. The molecule has 0 bridgehead atoms. The minimum Gasteiger partial charge on any atom is -0.488 e. The number of nitrogens with zero attached hydrogens (tertiary/aromatic N) is 2. The molecule has 41 heavy (non-hydrogen) atoms.